The molecule has 108 valence electrons. The molecule has 0 radical (unpaired) electrons. The minimum Gasteiger partial charge on any atom is -0.496 e. The molecule has 0 saturated carbocycles. The summed E-state index contributed by atoms with van der Waals surface area (Å²) in [6.45, 7) is 0. The van der Waals surface area contributed by atoms with Crippen LogP contribution < -0.4 is 10.3 Å². The fourth-order valence-electron chi connectivity index (χ4n) is 2.72. The van der Waals surface area contributed by atoms with E-state index in [1.165, 1.54) is 0 Å². The smallest absolute Gasteiger partial charge is 0.275 e. The van der Waals surface area contributed by atoms with Gasteiger partial charge in [0.15, 0.2) is 0 Å². The molecule has 4 aromatic rings. The van der Waals surface area contributed by atoms with Crippen LogP contribution in [0.25, 0.3) is 33.2 Å². The molecule has 0 unspecified atom stereocenters. The number of aromatic amines is 2. The van der Waals surface area contributed by atoms with Gasteiger partial charge in [-0.05, 0) is 24.3 Å². The fraction of sp³-hybridized carbons (Fsp3) is 0.0588. The van der Waals surface area contributed by atoms with Crippen molar-refractivity contribution in [1.29, 1.82) is 0 Å². The summed E-state index contributed by atoms with van der Waals surface area (Å²) < 4.78 is 5.42. The normalized spacial score (nSPS) is 11.1. The minimum absolute atomic E-state index is 0.217. The van der Waals surface area contributed by atoms with Crippen LogP contribution in [0.5, 0.6) is 5.75 Å². The van der Waals surface area contributed by atoms with Gasteiger partial charge < -0.3 is 14.7 Å². The molecular weight excluding hydrogens is 278 g/mol. The maximum Gasteiger partial charge on any atom is 0.275 e. The Bertz CT molecular complexity index is 1050. The molecule has 5 nitrogen and oxygen atoms in total. The van der Waals surface area contributed by atoms with Gasteiger partial charge in [0, 0.05) is 17.3 Å². The van der Waals surface area contributed by atoms with Crippen molar-refractivity contribution < 1.29 is 4.74 Å². The Kier molecular flexibility index (Phi) is 2.72. The Morgan fingerprint density at radius 3 is 2.73 bits per heavy atom. The van der Waals surface area contributed by atoms with Crippen molar-refractivity contribution in [2.75, 3.05) is 7.11 Å². The van der Waals surface area contributed by atoms with E-state index in [1.807, 2.05) is 42.5 Å². The molecule has 0 saturated heterocycles. The first-order chi connectivity index (χ1) is 10.8. The molecule has 2 heterocycles. The van der Waals surface area contributed by atoms with Crippen LogP contribution in [0.2, 0.25) is 0 Å². The summed E-state index contributed by atoms with van der Waals surface area (Å²) in [5.74, 6) is 0.711. The van der Waals surface area contributed by atoms with Crippen molar-refractivity contribution in [3.05, 3.63) is 59.0 Å². The zero-order valence-corrected chi connectivity index (χ0v) is 11.9. The number of ether oxygens (including phenoxy) is 1. The van der Waals surface area contributed by atoms with E-state index in [9.17, 15) is 4.79 Å². The Labute approximate surface area is 125 Å². The lowest BCUT2D eigenvalue weighted by molar-refractivity contribution is 0.420. The number of nitrogens with zero attached hydrogens (tertiary/aromatic N) is 1. The number of rotatable bonds is 2. The Hall–Kier alpha value is -3.08. The molecule has 0 amide bonds. The molecule has 0 spiro atoms. The van der Waals surface area contributed by atoms with Crippen molar-refractivity contribution in [3.63, 3.8) is 0 Å². The highest BCUT2D eigenvalue weighted by Gasteiger charge is 2.15. The second-order valence-electron chi connectivity index (χ2n) is 5.02. The zero-order chi connectivity index (χ0) is 15.1. The van der Waals surface area contributed by atoms with E-state index in [0.717, 1.165) is 27.5 Å². The molecule has 0 aliphatic heterocycles. The molecule has 0 bridgehead atoms. The van der Waals surface area contributed by atoms with Crippen molar-refractivity contribution in [2.45, 2.75) is 0 Å². The van der Waals surface area contributed by atoms with Gasteiger partial charge in [-0.2, -0.15) is 0 Å². The summed E-state index contributed by atoms with van der Waals surface area (Å²) in [6.07, 6.45) is 1.79. The number of para-hydroxylation sites is 2. The molecule has 5 heteroatoms. The van der Waals surface area contributed by atoms with Gasteiger partial charge in [-0.3, -0.25) is 4.79 Å². The van der Waals surface area contributed by atoms with Crippen molar-refractivity contribution in [2.24, 2.45) is 0 Å². The lowest BCUT2D eigenvalue weighted by Crippen LogP contribution is -2.11. The average Bonchev–Trinajstić information content (AvgIpc) is 2.98. The molecule has 0 aliphatic carbocycles. The Balaban J connectivity index is 2.07. The van der Waals surface area contributed by atoms with Crippen LogP contribution in [0.4, 0.5) is 0 Å². The van der Waals surface area contributed by atoms with Crippen LogP contribution in [0, 0.1) is 0 Å². The first-order valence-electron chi connectivity index (χ1n) is 6.91. The van der Waals surface area contributed by atoms with Gasteiger partial charge in [0.2, 0.25) is 0 Å². The number of benzene rings is 2. The number of hydrogen-bond acceptors (Lipinski definition) is 3. The van der Waals surface area contributed by atoms with E-state index >= 15 is 0 Å². The number of aromatic nitrogens is 3. The SMILES string of the molecule is COc1cccc2[nH]cc(-c3nc4ccccc4[nH]c3=O)c12. The highest BCUT2D eigenvalue weighted by Crippen LogP contribution is 2.33. The largest absolute Gasteiger partial charge is 0.496 e. The van der Waals surface area contributed by atoms with Gasteiger partial charge in [-0.15, -0.1) is 0 Å². The van der Waals surface area contributed by atoms with Crippen LogP contribution in [-0.4, -0.2) is 22.1 Å². The van der Waals surface area contributed by atoms with Crippen LogP contribution in [-0.2, 0) is 0 Å². The van der Waals surface area contributed by atoms with Crippen LogP contribution in [0.15, 0.2) is 53.5 Å². The van der Waals surface area contributed by atoms with Crippen LogP contribution in [0.3, 0.4) is 0 Å². The van der Waals surface area contributed by atoms with Gasteiger partial charge in [0.25, 0.3) is 5.56 Å². The standard InChI is InChI=1S/C17H13N3O2/c1-22-14-8-4-7-13-15(14)10(9-18-13)16-17(21)20-12-6-3-2-5-11(12)19-16/h2-9,18H,1H3,(H,20,21). The molecule has 4 rings (SSSR count). The quantitative estimate of drug-likeness (QED) is 0.596. The number of methoxy groups -OCH3 is 1. The fourth-order valence-corrected chi connectivity index (χ4v) is 2.72. The molecule has 0 atom stereocenters. The van der Waals surface area contributed by atoms with Gasteiger partial charge >= 0.3 is 0 Å². The highest BCUT2D eigenvalue weighted by molar-refractivity contribution is 5.99. The van der Waals surface area contributed by atoms with Gasteiger partial charge in [0.05, 0.1) is 23.5 Å². The summed E-state index contributed by atoms with van der Waals surface area (Å²) in [7, 11) is 1.61. The predicted octanol–water partition coefficient (Wildman–Crippen LogP) is 3.08. The second kappa shape index (κ2) is 4.73. The minimum atomic E-state index is -0.217. The number of H-pyrrole nitrogens is 2. The van der Waals surface area contributed by atoms with E-state index in [0.29, 0.717) is 11.4 Å². The maximum absolute atomic E-state index is 12.4. The zero-order valence-electron chi connectivity index (χ0n) is 11.9. The second-order valence-corrected chi connectivity index (χ2v) is 5.02. The lowest BCUT2D eigenvalue weighted by atomic mass is 10.1. The van der Waals surface area contributed by atoms with Crippen molar-refractivity contribution >= 4 is 21.9 Å². The van der Waals surface area contributed by atoms with Crippen molar-refractivity contribution in [1.82, 2.24) is 15.0 Å². The van der Waals surface area contributed by atoms with Crippen LogP contribution >= 0.6 is 0 Å². The number of fused-ring (bicyclic) bond motifs is 2. The van der Waals surface area contributed by atoms with E-state index < -0.39 is 0 Å². The molecule has 2 aromatic heterocycles. The molecular formula is C17H13N3O2. The molecule has 2 N–H and O–H groups in total. The Morgan fingerprint density at radius 1 is 1.05 bits per heavy atom. The number of hydrogen-bond donors (Lipinski definition) is 2. The topological polar surface area (TPSA) is 70.8 Å². The summed E-state index contributed by atoms with van der Waals surface area (Å²) >= 11 is 0. The van der Waals surface area contributed by atoms with Gasteiger partial charge in [0.1, 0.15) is 11.4 Å². The molecule has 0 aliphatic rings. The molecule has 2 aromatic carbocycles. The first kappa shape index (κ1) is 12.6. The van der Waals surface area contributed by atoms with Crippen molar-refractivity contribution in [3.8, 4) is 17.0 Å². The van der Waals surface area contributed by atoms with Gasteiger partial charge in [-0.25, -0.2) is 4.98 Å². The third-order valence-corrected chi connectivity index (χ3v) is 3.74. The molecule has 22 heavy (non-hydrogen) atoms. The summed E-state index contributed by atoms with van der Waals surface area (Å²) in [5.41, 5.74) is 3.28. The maximum atomic E-state index is 12.4. The van der Waals surface area contributed by atoms with E-state index in [1.54, 1.807) is 13.3 Å². The van der Waals surface area contributed by atoms with E-state index in [2.05, 4.69) is 15.0 Å². The van der Waals surface area contributed by atoms with E-state index in [-0.39, 0.29) is 5.56 Å². The third-order valence-electron chi connectivity index (χ3n) is 3.74. The summed E-state index contributed by atoms with van der Waals surface area (Å²) in [6, 6.07) is 13.2. The Morgan fingerprint density at radius 2 is 1.86 bits per heavy atom. The monoisotopic (exact) mass is 291 g/mol. The molecule has 0 fully saturated rings. The summed E-state index contributed by atoms with van der Waals surface area (Å²) in [4.78, 5) is 23.0. The average molecular weight is 291 g/mol. The highest BCUT2D eigenvalue weighted by atomic mass is 16.5. The first-order valence-corrected chi connectivity index (χ1v) is 6.91. The third kappa shape index (κ3) is 1.79. The van der Waals surface area contributed by atoms with E-state index in [4.69, 9.17) is 4.74 Å². The van der Waals surface area contributed by atoms with Gasteiger partial charge in [-0.1, -0.05) is 18.2 Å². The lowest BCUT2D eigenvalue weighted by Gasteiger charge is -2.05. The number of nitrogens with one attached hydrogen (secondary N) is 2. The van der Waals surface area contributed by atoms with Crippen LogP contribution in [0.1, 0.15) is 0 Å². The summed E-state index contributed by atoms with van der Waals surface area (Å²) in [5, 5.41) is 0.860. The predicted molar refractivity (Wildman–Crippen MR) is 86.2 cm³/mol.